The van der Waals surface area contributed by atoms with E-state index in [1.165, 1.54) is 6.92 Å². The molecule has 0 fully saturated rings. The molecule has 5 nitrogen and oxygen atoms in total. The predicted molar refractivity (Wildman–Crippen MR) is 66.8 cm³/mol. The van der Waals surface area contributed by atoms with Gasteiger partial charge in [-0.25, -0.2) is 0 Å². The summed E-state index contributed by atoms with van der Waals surface area (Å²) in [6.07, 6.45) is 0. The van der Waals surface area contributed by atoms with E-state index in [9.17, 15) is 15.0 Å². The standard InChI is InChI=1S/C12H10ClNO4/c1-6(15)14-12-10(17)9(16)11(18-12)7-4-2-3-5-8(7)13/h2-5,16-17H,1H3,(H,14,15). The van der Waals surface area contributed by atoms with Crippen LogP contribution in [0, 0.1) is 0 Å². The maximum absolute atomic E-state index is 10.9. The molecule has 2 aromatic rings. The summed E-state index contributed by atoms with van der Waals surface area (Å²) in [6.45, 7) is 1.26. The first-order chi connectivity index (χ1) is 8.50. The van der Waals surface area contributed by atoms with Crippen LogP contribution in [0.5, 0.6) is 11.5 Å². The number of hydrogen-bond acceptors (Lipinski definition) is 4. The number of furan rings is 1. The van der Waals surface area contributed by atoms with Crippen molar-refractivity contribution in [2.45, 2.75) is 6.92 Å². The highest BCUT2D eigenvalue weighted by atomic mass is 35.5. The largest absolute Gasteiger partial charge is 0.502 e. The van der Waals surface area contributed by atoms with Gasteiger partial charge in [-0.3, -0.25) is 10.1 Å². The lowest BCUT2D eigenvalue weighted by molar-refractivity contribution is -0.114. The van der Waals surface area contributed by atoms with Crippen molar-refractivity contribution < 1.29 is 19.4 Å². The molecular weight excluding hydrogens is 258 g/mol. The Balaban J connectivity index is 2.53. The highest BCUT2D eigenvalue weighted by Crippen LogP contribution is 2.46. The Bertz CT molecular complexity index is 606. The van der Waals surface area contributed by atoms with E-state index in [1.54, 1.807) is 24.3 Å². The number of aromatic hydroxyl groups is 2. The zero-order chi connectivity index (χ0) is 13.3. The quantitative estimate of drug-likeness (QED) is 0.781. The van der Waals surface area contributed by atoms with Crippen molar-refractivity contribution in [3.8, 4) is 22.8 Å². The molecule has 1 heterocycles. The molecule has 0 atom stereocenters. The lowest BCUT2D eigenvalue weighted by Crippen LogP contribution is -2.04. The lowest BCUT2D eigenvalue weighted by atomic mass is 10.1. The van der Waals surface area contributed by atoms with Gasteiger partial charge in [0.2, 0.25) is 23.3 Å². The maximum atomic E-state index is 10.9. The topological polar surface area (TPSA) is 82.7 Å². The molecule has 0 radical (unpaired) electrons. The average Bonchev–Trinajstić information content (AvgIpc) is 2.58. The summed E-state index contributed by atoms with van der Waals surface area (Å²) in [4.78, 5) is 10.9. The van der Waals surface area contributed by atoms with Crippen molar-refractivity contribution in [3.63, 3.8) is 0 Å². The fraction of sp³-hybridized carbons (Fsp3) is 0.0833. The molecule has 0 spiro atoms. The van der Waals surface area contributed by atoms with Crippen molar-refractivity contribution in [2.24, 2.45) is 0 Å². The molecule has 3 N–H and O–H groups in total. The lowest BCUT2D eigenvalue weighted by Gasteiger charge is -2.00. The van der Waals surface area contributed by atoms with Crippen LogP contribution in [-0.2, 0) is 4.79 Å². The molecule has 1 aromatic carbocycles. The number of hydrogen-bond donors (Lipinski definition) is 3. The first kappa shape index (κ1) is 12.3. The second-order valence-corrected chi connectivity index (χ2v) is 4.03. The smallest absolute Gasteiger partial charge is 0.246 e. The molecular formula is C12H10ClNO4. The van der Waals surface area contributed by atoms with Crippen LogP contribution in [0.15, 0.2) is 28.7 Å². The van der Waals surface area contributed by atoms with E-state index in [4.69, 9.17) is 16.0 Å². The SMILES string of the molecule is CC(=O)Nc1oc(-c2ccccc2Cl)c(O)c1O. The highest BCUT2D eigenvalue weighted by Gasteiger charge is 2.22. The van der Waals surface area contributed by atoms with Gasteiger partial charge in [-0.2, -0.15) is 0 Å². The molecule has 94 valence electrons. The van der Waals surface area contributed by atoms with Crippen LogP contribution in [0.2, 0.25) is 5.02 Å². The molecule has 0 bridgehead atoms. The number of carbonyl (C=O) groups is 1. The number of benzene rings is 1. The molecule has 0 saturated heterocycles. The van der Waals surface area contributed by atoms with Gasteiger partial charge in [-0.05, 0) is 12.1 Å². The Morgan fingerprint density at radius 1 is 1.28 bits per heavy atom. The minimum absolute atomic E-state index is 0.00171. The van der Waals surface area contributed by atoms with E-state index in [2.05, 4.69) is 5.32 Å². The number of rotatable bonds is 2. The summed E-state index contributed by atoms with van der Waals surface area (Å²) < 4.78 is 5.21. The number of nitrogens with one attached hydrogen (secondary N) is 1. The molecule has 2 rings (SSSR count). The molecule has 0 unspecified atom stereocenters. The zero-order valence-corrected chi connectivity index (χ0v) is 10.2. The van der Waals surface area contributed by atoms with Crippen molar-refractivity contribution in [1.29, 1.82) is 0 Å². The van der Waals surface area contributed by atoms with Crippen molar-refractivity contribution >= 4 is 23.4 Å². The van der Waals surface area contributed by atoms with Gasteiger partial charge < -0.3 is 14.6 Å². The third-order valence-corrected chi connectivity index (χ3v) is 2.60. The minimum atomic E-state index is -0.528. The summed E-state index contributed by atoms with van der Waals surface area (Å²) in [5.41, 5.74) is 0.420. The second kappa shape index (κ2) is 4.62. The summed E-state index contributed by atoms with van der Waals surface area (Å²) in [5.74, 6) is -1.63. The van der Waals surface area contributed by atoms with Gasteiger partial charge in [0.05, 0.1) is 5.02 Å². The van der Waals surface area contributed by atoms with Gasteiger partial charge in [0, 0.05) is 12.5 Å². The Hall–Kier alpha value is -2.14. The molecule has 0 aliphatic carbocycles. The first-order valence-electron chi connectivity index (χ1n) is 5.08. The van der Waals surface area contributed by atoms with Crippen molar-refractivity contribution in [1.82, 2.24) is 0 Å². The summed E-state index contributed by atoms with van der Waals surface area (Å²) in [6, 6.07) is 6.67. The molecule has 0 saturated carbocycles. The van der Waals surface area contributed by atoms with Crippen LogP contribution in [0.4, 0.5) is 5.88 Å². The van der Waals surface area contributed by atoms with Gasteiger partial charge in [0.1, 0.15) is 0 Å². The van der Waals surface area contributed by atoms with Crippen molar-refractivity contribution in [2.75, 3.05) is 5.32 Å². The fourth-order valence-corrected chi connectivity index (χ4v) is 1.71. The monoisotopic (exact) mass is 267 g/mol. The van der Waals surface area contributed by atoms with Gasteiger partial charge in [-0.15, -0.1) is 0 Å². The van der Waals surface area contributed by atoms with Gasteiger partial charge in [-0.1, -0.05) is 23.7 Å². The minimum Gasteiger partial charge on any atom is -0.502 e. The number of carbonyl (C=O) groups excluding carboxylic acids is 1. The molecule has 18 heavy (non-hydrogen) atoms. The van der Waals surface area contributed by atoms with Crippen LogP contribution in [0.3, 0.4) is 0 Å². The third kappa shape index (κ3) is 2.12. The van der Waals surface area contributed by atoms with E-state index in [-0.39, 0.29) is 11.6 Å². The predicted octanol–water partition coefficient (Wildman–Crippen LogP) is 2.97. The first-order valence-corrected chi connectivity index (χ1v) is 5.45. The van der Waals surface area contributed by atoms with E-state index >= 15 is 0 Å². The van der Waals surface area contributed by atoms with Gasteiger partial charge >= 0.3 is 0 Å². The normalized spacial score (nSPS) is 10.3. The number of anilines is 1. The molecule has 1 amide bonds. The Kier molecular flexibility index (Phi) is 3.16. The Morgan fingerprint density at radius 3 is 2.56 bits per heavy atom. The van der Waals surface area contributed by atoms with Crippen LogP contribution < -0.4 is 5.32 Å². The zero-order valence-electron chi connectivity index (χ0n) is 9.40. The molecule has 0 aliphatic heterocycles. The van der Waals surface area contributed by atoms with Crippen molar-refractivity contribution in [3.05, 3.63) is 29.3 Å². The summed E-state index contributed by atoms with van der Waals surface area (Å²) in [7, 11) is 0. The maximum Gasteiger partial charge on any atom is 0.246 e. The van der Waals surface area contributed by atoms with Crippen LogP contribution in [-0.4, -0.2) is 16.1 Å². The van der Waals surface area contributed by atoms with E-state index in [0.717, 1.165) is 0 Å². The Labute approximate surface area is 108 Å². The Morgan fingerprint density at radius 2 is 1.94 bits per heavy atom. The van der Waals surface area contributed by atoms with Crippen LogP contribution in [0.1, 0.15) is 6.92 Å². The number of halogens is 1. The molecule has 0 aliphatic rings. The van der Waals surface area contributed by atoms with Gasteiger partial charge in [0.15, 0.2) is 5.76 Å². The highest BCUT2D eigenvalue weighted by molar-refractivity contribution is 6.33. The number of amides is 1. The van der Waals surface area contributed by atoms with E-state index in [0.29, 0.717) is 10.6 Å². The summed E-state index contributed by atoms with van der Waals surface area (Å²) >= 11 is 5.96. The van der Waals surface area contributed by atoms with E-state index in [1.807, 2.05) is 0 Å². The van der Waals surface area contributed by atoms with Crippen LogP contribution in [0.25, 0.3) is 11.3 Å². The van der Waals surface area contributed by atoms with E-state index < -0.39 is 17.4 Å². The molecule has 6 heteroatoms. The average molecular weight is 268 g/mol. The second-order valence-electron chi connectivity index (χ2n) is 3.62. The molecule has 1 aromatic heterocycles. The van der Waals surface area contributed by atoms with Gasteiger partial charge in [0.25, 0.3) is 0 Å². The summed E-state index contributed by atoms with van der Waals surface area (Å²) in [5, 5.41) is 22.0. The third-order valence-electron chi connectivity index (χ3n) is 2.27. The fourth-order valence-electron chi connectivity index (χ4n) is 1.49. The van der Waals surface area contributed by atoms with Crippen LogP contribution >= 0.6 is 11.6 Å².